The molecule has 0 fully saturated rings. The van der Waals surface area contributed by atoms with Crippen LogP contribution in [0.5, 0.6) is 0 Å². The second kappa shape index (κ2) is 3.65. The average molecular weight is 174 g/mol. The molecular weight excluding hydrogens is 160 g/mol. The van der Waals surface area contributed by atoms with Gasteiger partial charge in [0.1, 0.15) is 0 Å². The van der Waals surface area contributed by atoms with Gasteiger partial charge in [-0.15, -0.1) is 0 Å². The summed E-state index contributed by atoms with van der Waals surface area (Å²) in [5, 5.41) is 0. The maximum Gasteiger partial charge on any atom is 0.0820 e. The van der Waals surface area contributed by atoms with Crippen LogP contribution >= 0.6 is 0 Å². The van der Waals surface area contributed by atoms with Crippen LogP contribution in [0.1, 0.15) is 17.5 Å². The van der Waals surface area contributed by atoms with Gasteiger partial charge < -0.3 is 4.74 Å². The number of benzene rings is 1. The molecule has 0 amide bonds. The van der Waals surface area contributed by atoms with Crippen molar-refractivity contribution < 1.29 is 4.74 Å². The van der Waals surface area contributed by atoms with Crippen molar-refractivity contribution in [2.45, 2.75) is 19.3 Å². The molecule has 0 aromatic heterocycles. The Kier molecular flexibility index (Phi) is 2.35. The fourth-order valence-corrected chi connectivity index (χ4v) is 1.87. The highest BCUT2D eigenvalue weighted by Gasteiger charge is 2.11. The summed E-state index contributed by atoms with van der Waals surface area (Å²) < 4.78 is 5.03. The zero-order chi connectivity index (χ0) is 9.10. The van der Waals surface area contributed by atoms with Gasteiger partial charge in [0.15, 0.2) is 0 Å². The summed E-state index contributed by atoms with van der Waals surface area (Å²) in [6.07, 6.45) is 5.25. The van der Waals surface area contributed by atoms with Gasteiger partial charge in [-0.3, -0.25) is 0 Å². The number of allylic oxidation sites excluding steroid dienone is 1. The lowest BCUT2D eigenvalue weighted by Gasteiger charge is -2.17. The van der Waals surface area contributed by atoms with E-state index in [-0.39, 0.29) is 0 Å². The third kappa shape index (κ3) is 1.74. The molecule has 1 aliphatic rings. The molecule has 68 valence electrons. The Bertz CT molecular complexity index is 326. The quantitative estimate of drug-likeness (QED) is 0.595. The summed E-state index contributed by atoms with van der Waals surface area (Å²) in [7, 11) is 1.72. The highest BCUT2D eigenvalue weighted by molar-refractivity contribution is 5.34. The lowest BCUT2D eigenvalue weighted by molar-refractivity contribution is 0.331. The van der Waals surface area contributed by atoms with Crippen LogP contribution in [0.4, 0.5) is 0 Å². The summed E-state index contributed by atoms with van der Waals surface area (Å²) in [5.74, 6) is 0. The van der Waals surface area contributed by atoms with Crippen LogP contribution in [0, 0.1) is 0 Å². The number of methoxy groups -OCH3 is 1. The minimum Gasteiger partial charge on any atom is -0.504 e. The largest absolute Gasteiger partial charge is 0.504 e. The Hall–Kier alpha value is -1.24. The van der Waals surface area contributed by atoms with Crippen LogP contribution in [-0.2, 0) is 17.6 Å². The van der Waals surface area contributed by atoms with Crippen molar-refractivity contribution in [3.8, 4) is 0 Å². The molecule has 0 bridgehead atoms. The third-order valence-corrected chi connectivity index (χ3v) is 2.54. The molecule has 1 heteroatoms. The highest BCUT2D eigenvalue weighted by Crippen LogP contribution is 2.24. The van der Waals surface area contributed by atoms with E-state index in [0.717, 1.165) is 19.3 Å². The van der Waals surface area contributed by atoms with Crippen LogP contribution in [0.2, 0.25) is 0 Å². The molecule has 0 saturated carbocycles. The van der Waals surface area contributed by atoms with Gasteiger partial charge in [-0.05, 0) is 36.0 Å². The molecule has 0 aliphatic heterocycles. The zero-order valence-electron chi connectivity index (χ0n) is 7.92. The number of hydrogen-bond donors (Lipinski definition) is 0. The molecule has 1 nitrogen and oxygen atoms in total. The Balaban J connectivity index is 2.24. The van der Waals surface area contributed by atoms with Crippen LogP contribution in [0.15, 0.2) is 36.1 Å². The number of hydrogen-bond acceptors (Lipinski definition) is 1. The van der Waals surface area contributed by atoms with E-state index >= 15 is 0 Å². The summed E-state index contributed by atoms with van der Waals surface area (Å²) in [6.45, 7) is 0. The maximum atomic E-state index is 5.03. The van der Waals surface area contributed by atoms with Gasteiger partial charge >= 0.3 is 0 Å². The Morgan fingerprint density at radius 1 is 1.15 bits per heavy atom. The molecule has 0 spiro atoms. The molecule has 1 aromatic carbocycles. The average Bonchev–Trinajstić information content (AvgIpc) is 2.18. The van der Waals surface area contributed by atoms with E-state index in [1.165, 1.54) is 16.7 Å². The molecule has 0 saturated heterocycles. The molecule has 1 aromatic rings. The Labute approximate surface area is 79.0 Å². The van der Waals surface area contributed by atoms with Crippen molar-refractivity contribution in [2.24, 2.45) is 0 Å². The molecule has 0 unspecified atom stereocenters. The van der Waals surface area contributed by atoms with Gasteiger partial charge in [0, 0.05) is 0 Å². The van der Waals surface area contributed by atoms with E-state index in [1.807, 2.05) is 6.26 Å². The fourth-order valence-electron chi connectivity index (χ4n) is 1.87. The number of aryl methyl sites for hydroxylation is 1. The summed E-state index contributed by atoms with van der Waals surface area (Å²) in [6, 6.07) is 8.65. The van der Waals surface area contributed by atoms with Crippen LogP contribution < -0.4 is 0 Å². The standard InChI is InChI=1S/C12H14O/c1-13-9-10-6-7-11-4-2-3-5-12(11)8-10/h2-5,9H,6-8H2,1H3/b10-9-. The van der Waals surface area contributed by atoms with Crippen molar-refractivity contribution in [3.05, 3.63) is 47.2 Å². The predicted octanol–water partition coefficient (Wildman–Crippen LogP) is 2.71. The van der Waals surface area contributed by atoms with E-state index in [1.54, 1.807) is 7.11 Å². The Morgan fingerprint density at radius 3 is 2.69 bits per heavy atom. The molecule has 2 rings (SSSR count). The smallest absolute Gasteiger partial charge is 0.0820 e. The molecule has 0 atom stereocenters. The maximum absolute atomic E-state index is 5.03. The van der Waals surface area contributed by atoms with Gasteiger partial charge in [0.05, 0.1) is 13.4 Å². The first-order valence-electron chi connectivity index (χ1n) is 4.67. The van der Waals surface area contributed by atoms with Crippen LogP contribution in [0.25, 0.3) is 0 Å². The molecule has 1 aliphatic carbocycles. The van der Waals surface area contributed by atoms with E-state index in [9.17, 15) is 0 Å². The summed E-state index contributed by atoms with van der Waals surface area (Å²) >= 11 is 0. The van der Waals surface area contributed by atoms with E-state index < -0.39 is 0 Å². The molecule has 0 heterocycles. The number of rotatable bonds is 1. The van der Waals surface area contributed by atoms with Crippen molar-refractivity contribution >= 4 is 0 Å². The highest BCUT2D eigenvalue weighted by atomic mass is 16.5. The minimum absolute atomic E-state index is 1.06. The van der Waals surface area contributed by atoms with Gasteiger partial charge in [0.2, 0.25) is 0 Å². The lowest BCUT2D eigenvalue weighted by Crippen LogP contribution is -2.05. The molecule has 0 N–H and O–H groups in total. The SMILES string of the molecule is CO/C=C1/CCc2ccccc2C1. The lowest BCUT2D eigenvalue weighted by atomic mass is 9.89. The van der Waals surface area contributed by atoms with E-state index in [2.05, 4.69) is 24.3 Å². The van der Waals surface area contributed by atoms with Crippen molar-refractivity contribution in [1.82, 2.24) is 0 Å². The normalized spacial score (nSPS) is 18.4. The number of fused-ring (bicyclic) bond motifs is 1. The molecular formula is C12H14O. The first-order valence-corrected chi connectivity index (χ1v) is 4.67. The number of ether oxygens (including phenoxy) is 1. The van der Waals surface area contributed by atoms with Crippen molar-refractivity contribution in [3.63, 3.8) is 0 Å². The Morgan fingerprint density at radius 2 is 1.92 bits per heavy atom. The van der Waals surface area contributed by atoms with E-state index in [4.69, 9.17) is 4.74 Å². The van der Waals surface area contributed by atoms with Gasteiger partial charge in [0.25, 0.3) is 0 Å². The first-order chi connectivity index (χ1) is 6.40. The van der Waals surface area contributed by atoms with Gasteiger partial charge in [-0.2, -0.15) is 0 Å². The van der Waals surface area contributed by atoms with Crippen molar-refractivity contribution in [2.75, 3.05) is 7.11 Å². The van der Waals surface area contributed by atoms with Crippen LogP contribution in [-0.4, -0.2) is 7.11 Å². The topological polar surface area (TPSA) is 9.23 Å². The zero-order valence-corrected chi connectivity index (χ0v) is 7.92. The third-order valence-electron chi connectivity index (χ3n) is 2.54. The van der Waals surface area contributed by atoms with Crippen LogP contribution in [0.3, 0.4) is 0 Å². The first kappa shape index (κ1) is 8.36. The summed E-state index contributed by atoms with van der Waals surface area (Å²) in [4.78, 5) is 0. The predicted molar refractivity (Wildman–Crippen MR) is 53.6 cm³/mol. The van der Waals surface area contributed by atoms with Gasteiger partial charge in [-0.1, -0.05) is 24.3 Å². The van der Waals surface area contributed by atoms with Gasteiger partial charge in [-0.25, -0.2) is 0 Å². The summed E-state index contributed by atoms with van der Waals surface area (Å²) in [5.41, 5.74) is 4.36. The second-order valence-corrected chi connectivity index (χ2v) is 3.46. The van der Waals surface area contributed by atoms with E-state index in [0.29, 0.717) is 0 Å². The monoisotopic (exact) mass is 174 g/mol. The second-order valence-electron chi connectivity index (χ2n) is 3.46. The molecule has 0 radical (unpaired) electrons. The fraction of sp³-hybridized carbons (Fsp3) is 0.333. The minimum atomic E-state index is 1.06. The van der Waals surface area contributed by atoms with Crippen molar-refractivity contribution in [1.29, 1.82) is 0 Å². The molecule has 13 heavy (non-hydrogen) atoms.